The van der Waals surface area contributed by atoms with Crippen molar-refractivity contribution in [1.29, 1.82) is 0 Å². The fourth-order valence-corrected chi connectivity index (χ4v) is 1.52. The molecule has 0 bridgehead atoms. The Morgan fingerprint density at radius 2 is 2.12 bits per heavy atom. The molecule has 92 valence electrons. The molecule has 0 radical (unpaired) electrons. The second-order valence-corrected chi connectivity index (χ2v) is 3.32. The highest BCUT2D eigenvalue weighted by Crippen LogP contribution is 2.40. The SMILES string of the molecule is COc1nn(C)c(C(Cl)NO)c1C(F)(F)F. The lowest BCUT2D eigenvalue weighted by atomic mass is 10.2. The largest absolute Gasteiger partial charge is 0.479 e. The predicted molar refractivity (Wildman–Crippen MR) is 48.3 cm³/mol. The molecule has 9 heteroatoms. The molecule has 1 rings (SSSR count). The van der Waals surface area contributed by atoms with Crippen LogP contribution in [0.25, 0.3) is 0 Å². The molecule has 16 heavy (non-hydrogen) atoms. The fraction of sp³-hybridized carbons (Fsp3) is 0.571. The number of methoxy groups -OCH3 is 1. The molecule has 2 N–H and O–H groups in total. The third kappa shape index (κ3) is 2.23. The van der Waals surface area contributed by atoms with Gasteiger partial charge in [0.1, 0.15) is 11.1 Å². The molecule has 1 atom stereocenters. The number of halogens is 4. The number of hydroxylamine groups is 1. The first-order chi connectivity index (χ1) is 7.32. The topological polar surface area (TPSA) is 59.3 Å². The van der Waals surface area contributed by atoms with Crippen LogP contribution in [0, 0.1) is 0 Å². The van der Waals surface area contributed by atoms with Gasteiger partial charge in [0, 0.05) is 7.05 Å². The zero-order valence-corrected chi connectivity index (χ0v) is 9.10. The summed E-state index contributed by atoms with van der Waals surface area (Å²) in [4.78, 5) is 0. The van der Waals surface area contributed by atoms with Crippen LogP contribution in [-0.2, 0) is 13.2 Å². The minimum absolute atomic E-state index is 0.423. The van der Waals surface area contributed by atoms with Crippen molar-refractivity contribution in [2.45, 2.75) is 11.7 Å². The maximum absolute atomic E-state index is 12.7. The number of rotatable bonds is 3. The van der Waals surface area contributed by atoms with E-state index in [2.05, 4.69) is 9.84 Å². The van der Waals surface area contributed by atoms with Crippen molar-refractivity contribution in [2.75, 3.05) is 7.11 Å². The number of nitrogens with one attached hydrogen (secondary N) is 1. The summed E-state index contributed by atoms with van der Waals surface area (Å²) in [5, 5.41) is 12.1. The number of ether oxygens (including phenoxy) is 1. The third-order valence-electron chi connectivity index (χ3n) is 1.89. The molecule has 0 aliphatic heterocycles. The molecule has 0 spiro atoms. The van der Waals surface area contributed by atoms with Gasteiger partial charge in [-0.1, -0.05) is 11.6 Å². The van der Waals surface area contributed by atoms with Crippen molar-refractivity contribution in [3.63, 3.8) is 0 Å². The molecule has 0 saturated carbocycles. The van der Waals surface area contributed by atoms with E-state index in [-0.39, 0.29) is 0 Å². The molecule has 0 amide bonds. The van der Waals surface area contributed by atoms with Gasteiger partial charge in [-0.05, 0) is 0 Å². The first-order valence-electron chi connectivity index (χ1n) is 4.04. The Balaban J connectivity index is 3.41. The molecule has 5 nitrogen and oxygen atoms in total. The predicted octanol–water partition coefficient (Wildman–Crippen LogP) is 1.66. The van der Waals surface area contributed by atoms with E-state index in [1.54, 1.807) is 0 Å². The average Bonchev–Trinajstić information content (AvgIpc) is 2.53. The van der Waals surface area contributed by atoms with Crippen LogP contribution in [0.5, 0.6) is 5.88 Å². The maximum Gasteiger partial charge on any atom is 0.423 e. The van der Waals surface area contributed by atoms with Gasteiger partial charge in [0.15, 0.2) is 0 Å². The van der Waals surface area contributed by atoms with E-state index in [4.69, 9.17) is 16.8 Å². The van der Waals surface area contributed by atoms with Gasteiger partial charge in [-0.25, -0.2) is 0 Å². The molecular formula is C7H9ClF3N3O2. The molecule has 1 aromatic heterocycles. The van der Waals surface area contributed by atoms with Crippen LogP contribution in [0.4, 0.5) is 13.2 Å². The number of nitrogens with zero attached hydrogens (tertiary/aromatic N) is 2. The van der Waals surface area contributed by atoms with Crippen LogP contribution in [0.3, 0.4) is 0 Å². The zero-order chi connectivity index (χ0) is 12.5. The van der Waals surface area contributed by atoms with Gasteiger partial charge in [-0.2, -0.15) is 18.7 Å². The van der Waals surface area contributed by atoms with Crippen molar-refractivity contribution < 1.29 is 23.1 Å². The zero-order valence-electron chi connectivity index (χ0n) is 8.34. The van der Waals surface area contributed by atoms with Gasteiger partial charge < -0.3 is 9.94 Å². The second-order valence-electron chi connectivity index (χ2n) is 2.88. The highest BCUT2D eigenvalue weighted by atomic mass is 35.5. The Morgan fingerprint density at radius 1 is 1.56 bits per heavy atom. The van der Waals surface area contributed by atoms with Crippen molar-refractivity contribution in [2.24, 2.45) is 7.05 Å². The van der Waals surface area contributed by atoms with Crippen LogP contribution < -0.4 is 10.2 Å². The minimum atomic E-state index is -4.67. The van der Waals surface area contributed by atoms with E-state index in [9.17, 15) is 13.2 Å². The number of hydrogen-bond donors (Lipinski definition) is 2. The van der Waals surface area contributed by atoms with E-state index in [0.717, 1.165) is 11.8 Å². The van der Waals surface area contributed by atoms with Crippen molar-refractivity contribution in [1.82, 2.24) is 15.3 Å². The highest BCUT2D eigenvalue weighted by Gasteiger charge is 2.42. The van der Waals surface area contributed by atoms with Crippen LogP contribution >= 0.6 is 11.6 Å². The summed E-state index contributed by atoms with van der Waals surface area (Å²) in [5.74, 6) is -0.592. The average molecular weight is 260 g/mol. The van der Waals surface area contributed by atoms with Gasteiger partial charge in [0.05, 0.1) is 12.8 Å². The van der Waals surface area contributed by atoms with Gasteiger partial charge >= 0.3 is 6.18 Å². The van der Waals surface area contributed by atoms with Gasteiger partial charge in [0.25, 0.3) is 0 Å². The summed E-state index contributed by atoms with van der Waals surface area (Å²) in [6.07, 6.45) is -4.67. The molecule has 0 fully saturated rings. The summed E-state index contributed by atoms with van der Waals surface area (Å²) in [5.41, 5.74) is -1.45. The van der Waals surface area contributed by atoms with Gasteiger partial charge in [-0.15, -0.1) is 5.10 Å². The summed E-state index contributed by atoms with van der Waals surface area (Å²) in [6, 6.07) is 0. The smallest absolute Gasteiger partial charge is 0.423 e. The Bertz CT molecular complexity index is 380. The van der Waals surface area contributed by atoms with Crippen molar-refractivity contribution in [3.05, 3.63) is 11.3 Å². The molecular weight excluding hydrogens is 251 g/mol. The summed E-state index contributed by atoms with van der Waals surface area (Å²) in [6.45, 7) is 0. The Kier molecular flexibility index (Phi) is 3.66. The number of aryl methyl sites for hydroxylation is 1. The van der Waals surface area contributed by atoms with Crippen LogP contribution in [0.15, 0.2) is 0 Å². The normalized spacial score (nSPS) is 13.9. The van der Waals surface area contributed by atoms with E-state index in [1.165, 1.54) is 12.5 Å². The fourth-order valence-electron chi connectivity index (χ4n) is 1.27. The van der Waals surface area contributed by atoms with Crippen molar-refractivity contribution in [3.8, 4) is 5.88 Å². The Labute approximate surface area is 93.7 Å². The lowest BCUT2D eigenvalue weighted by Crippen LogP contribution is -2.19. The van der Waals surface area contributed by atoms with Crippen LogP contribution in [-0.4, -0.2) is 22.1 Å². The number of alkyl halides is 4. The van der Waals surface area contributed by atoms with Gasteiger partial charge in [-0.3, -0.25) is 4.68 Å². The monoisotopic (exact) mass is 259 g/mol. The molecule has 0 aromatic carbocycles. The lowest BCUT2D eigenvalue weighted by molar-refractivity contribution is -0.139. The minimum Gasteiger partial charge on any atom is -0.479 e. The summed E-state index contributed by atoms with van der Waals surface area (Å²) < 4.78 is 43.5. The molecule has 1 heterocycles. The van der Waals surface area contributed by atoms with E-state index >= 15 is 0 Å². The summed E-state index contributed by atoms with van der Waals surface area (Å²) in [7, 11) is 2.33. The first kappa shape index (κ1) is 13.1. The number of hydrogen-bond acceptors (Lipinski definition) is 4. The van der Waals surface area contributed by atoms with E-state index in [1.807, 2.05) is 0 Å². The molecule has 0 aliphatic carbocycles. The first-order valence-corrected chi connectivity index (χ1v) is 4.48. The number of aromatic nitrogens is 2. The van der Waals surface area contributed by atoms with E-state index in [0.29, 0.717) is 0 Å². The van der Waals surface area contributed by atoms with Crippen molar-refractivity contribution >= 4 is 11.6 Å². The summed E-state index contributed by atoms with van der Waals surface area (Å²) >= 11 is 5.50. The van der Waals surface area contributed by atoms with E-state index < -0.39 is 28.8 Å². The molecule has 0 aliphatic rings. The Hall–Kier alpha value is -0.990. The standard InChI is InChI=1S/C7H9ClF3N3O2/c1-14-4(5(8)13-15)3(7(9,10)11)6(12-14)16-2/h5,13,15H,1-2H3. The Morgan fingerprint density at radius 3 is 2.50 bits per heavy atom. The lowest BCUT2D eigenvalue weighted by Gasteiger charge is -2.12. The van der Waals surface area contributed by atoms with Gasteiger partial charge in [0.2, 0.25) is 5.88 Å². The molecule has 1 unspecified atom stereocenters. The molecule has 1 aromatic rings. The second kappa shape index (κ2) is 4.48. The quantitative estimate of drug-likeness (QED) is 0.492. The van der Waals surface area contributed by atoms with Crippen LogP contribution in [0.2, 0.25) is 0 Å². The maximum atomic E-state index is 12.7. The third-order valence-corrected chi connectivity index (χ3v) is 2.19. The highest BCUT2D eigenvalue weighted by molar-refractivity contribution is 6.20. The molecule has 0 saturated heterocycles. The van der Waals surface area contributed by atoms with Crippen LogP contribution in [0.1, 0.15) is 16.8 Å².